The summed E-state index contributed by atoms with van der Waals surface area (Å²) < 4.78 is 7.88. The van der Waals surface area contributed by atoms with Gasteiger partial charge in [-0.15, -0.1) is 91.3 Å². The first kappa shape index (κ1) is 46.7. The summed E-state index contributed by atoms with van der Waals surface area (Å²) in [7, 11) is 0. The summed E-state index contributed by atoms with van der Waals surface area (Å²) >= 11 is 19.0. The van der Waals surface area contributed by atoms with E-state index >= 15 is 4.79 Å². The van der Waals surface area contributed by atoms with Gasteiger partial charge in [0.1, 0.15) is 0 Å². The molecule has 0 spiro atoms. The Morgan fingerprint density at radius 3 is 0.857 bits per heavy atom. The van der Waals surface area contributed by atoms with Gasteiger partial charge in [-0.05, 0) is 72.2 Å². The van der Waals surface area contributed by atoms with Gasteiger partial charge in [0.2, 0.25) is 0 Å². The lowest BCUT2D eigenvalue weighted by Gasteiger charge is -2.16. The van der Waals surface area contributed by atoms with Crippen molar-refractivity contribution in [2.24, 2.45) is 0 Å². The van der Waals surface area contributed by atoms with E-state index in [-0.39, 0.29) is 5.78 Å². The third-order valence-electron chi connectivity index (χ3n) is 12.3. The average molecular weight is 995 g/mol. The summed E-state index contributed by atoms with van der Waals surface area (Å²) in [6.07, 6.45) is 2.86. The molecule has 10 aromatic rings. The highest BCUT2D eigenvalue weighted by Crippen LogP contribution is 2.37. The molecule has 0 atom stereocenters. The second kappa shape index (κ2) is 21.3. The van der Waals surface area contributed by atoms with Crippen LogP contribution in [-0.2, 0) is 51.9 Å². The Bertz CT molecular complexity index is 3190. The monoisotopic (exact) mass is 994 g/mol. The van der Waals surface area contributed by atoms with Crippen molar-refractivity contribution < 1.29 is 4.79 Å². The molecule has 4 heterocycles. The van der Waals surface area contributed by atoms with Gasteiger partial charge in [0.25, 0.3) is 0 Å². The first-order valence-corrected chi connectivity index (χ1v) is 24.6. The minimum Gasteiger partial charge on any atom is -0.302 e. The van der Waals surface area contributed by atoms with Crippen molar-refractivity contribution >= 4 is 56.3 Å². The number of hydrogen-bond donors (Lipinski definition) is 4. The van der Waals surface area contributed by atoms with Gasteiger partial charge >= 0.3 is 0 Å². The van der Waals surface area contributed by atoms with Gasteiger partial charge in [-0.25, -0.2) is 0 Å². The number of ketones is 1. The van der Waals surface area contributed by atoms with Crippen molar-refractivity contribution in [3.05, 3.63) is 191 Å². The van der Waals surface area contributed by atoms with Crippen LogP contribution in [0.15, 0.2) is 178 Å². The second-order valence-electron chi connectivity index (χ2n) is 16.7. The zero-order valence-electron chi connectivity index (χ0n) is 37.7. The van der Waals surface area contributed by atoms with Crippen LogP contribution in [0.4, 0.5) is 0 Å². The van der Waals surface area contributed by atoms with E-state index in [1.807, 2.05) is 127 Å². The standard InChI is InChI=1S/C53H46N12OS4/c66-45(39-21-23-41(46-54-58-50(67)62(46)29-25-35-13-5-1-6-14-35)43(33-39)48-56-60-52(69)64(48)31-27-37-17-9-3-10-18-37)40-22-24-42(47-55-59-51(68)63(47)30-26-36-15-7-2-8-16-36)44(34-40)49-57-61-53(70)65(49)32-28-38-19-11-4-12-20-38/h1-24,33-34H,25-32H2,(H,58,67)(H,59,68)(H,60,69)(H,61,70). The number of benzene rings is 6. The van der Waals surface area contributed by atoms with E-state index in [1.54, 1.807) is 0 Å². The van der Waals surface area contributed by atoms with Crippen LogP contribution in [0.1, 0.15) is 38.2 Å². The third kappa shape index (κ3) is 10.1. The Morgan fingerprint density at radius 1 is 0.329 bits per heavy atom. The van der Waals surface area contributed by atoms with Gasteiger partial charge in [-0.1, -0.05) is 133 Å². The van der Waals surface area contributed by atoms with Gasteiger partial charge in [-0.3, -0.25) is 4.79 Å². The number of aryl methyl sites for hydroxylation is 4. The SMILES string of the molecule is O=C(c1ccc(-c2nnc(S)n2CCc2ccccc2)c(-c2nnc(S)n2CCc2ccccc2)c1)c1ccc(-c2nnc(S)n2CCc2ccccc2)c(-c2nnc(S)n2CCc2ccccc2)c1. The molecule has 0 unspecified atom stereocenters. The predicted octanol–water partition coefficient (Wildman–Crippen LogP) is 10.1. The molecule has 70 heavy (non-hydrogen) atoms. The minimum absolute atomic E-state index is 0.232. The van der Waals surface area contributed by atoms with E-state index in [0.29, 0.717) is 116 Å². The highest BCUT2D eigenvalue weighted by atomic mass is 32.1. The first-order chi connectivity index (χ1) is 34.3. The maximum Gasteiger partial charge on any atom is 0.193 e. The van der Waals surface area contributed by atoms with E-state index in [4.69, 9.17) is 50.5 Å². The maximum atomic E-state index is 15.2. The van der Waals surface area contributed by atoms with Crippen molar-refractivity contribution in [3.63, 3.8) is 0 Å². The lowest BCUT2D eigenvalue weighted by atomic mass is 9.94. The Kier molecular flexibility index (Phi) is 14.2. The van der Waals surface area contributed by atoms with Crippen molar-refractivity contribution in [2.45, 2.75) is 72.5 Å². The Balaban J connectivity index is 1.07. The summed E-state index contributed by atoms with van der Waals surface area (Å²) in [5.74, 6) is 1.99. The quantitative estimate of drug-likeness (QED) is 0.0489. The fraction of sp³-hybridized carbons (Fsp3) is 0.151. The van der Waals surface area contributed by atoms with Gasteiger partial charge < -0.3 is 18.3 Å². The summed E-state index contributed by atoms with van der Waals surface area (Å²) in [5, 5.41) is 38.2. The molecule has 6 aromatic carbocycles. The number of nitrogens with zero attached hydrogens (tertiary/aromatic N) is 12. The van der Waals surface area contributed by atoms with Crippen LogP contribution >= 0.6 is 50.5 Å². The molecule has 0 N–H and O–H groups in total. The van der Waals surface area contributed by atoms with E-state index in [2.05, 4.69) is 89.3 Å². The molecule has 348 valence electrons. The molecule has 10 rings (SSSR count). The van der Waals surface area contributed by atoms with E-state index in [0.717, 1.165) is 24.0 Å². The fourth-order valence-electron chi connectivity index (χ4n) is 8.64. The van der Waals surface area contributed by atoms with Crippen LogP contribution < -0.4 is 0 Å². The molecule has 0 saturated heterocycles. The molecule has 13 nitrogen and oxygen atoms in total. The molecule has 0 aliphatic rings. The smallest absolute Gasteiger partial charge is 0.193 e. The van der Waals surface area contributed by atoms with Gasteiger partial charge in [0.15, 0.2) is 49.7 Å². The first-order valence-electron chi connectivity index (χ1n) is 22.8. The molecular weight excluding hydrogens is 949 g/mol. The van der Waals surface area contributed by atoms with Gasteiger partial charge in [0.05, 0.1) is 0 Å². The lowest BCUT2D eigenvalue weighted by Crippen LogP contribution is -2.10. The Hall–Kier alpha value is -7.05. The molecule has 4 aromatic heterocycles. The van der Waals surface area contributed by atoms with E-state index < -0.39 is 0 Å². The van der Waals surface area contributed by atoms with E-state index in [1.165, 1.54) is 11.1 Å². The second-order valence-corrected chi connectivity index (χ2v) is 18.3. The summed E-state index contributed by atoms with van der Waals surface area (Å²) in [6, 6.07) is 52.1. The number of rotatable bonds is 18. The van der Waals surface area contributed by atoms with E-state index in [9.17, 15) is 0 Å². The van der Waals surface area contributed by atoms with Crippen molar-refractivity contribution in [1.82, 2.24) is 59.1 Å². The number of carbonyl (C=O) groups excluding carboxylic acids is 1. The molecule has 0 bridgehead atoms. The molecule has 17 heteroatoms. The van der Waals surface area contributed by atoms with Crippen LogP contribution in [0.5, 0.6) is 0 Å². The van der Waals surface area contributed by atoms with Gasteiger partial charge in [-0.2, -0.15) is 0 Å². The molecule has 0 radical (unpaired) electrons. The molecule has 0 fully saturated rings. The molecule has 0 aliphatic heterocycles. The van der Waals surface area contributed by atoms with Crippen LogP contribution in [0, 0.1) is 0 Å². The molecule has 0 aliphatic carbocycles. The fourth-order valence-corrected chi connectivity index (χ4v) is 9.60. The summed E-state index contributed by atoms with van der Waals surface area (Å²) in [6.45, 7) is 2.21. The lowest BCUT2D eigenvalue weighted by molar-refractivity contribution is 0.103. The normalized spacial score (nSPS) is 11.4. The van der Waals surface area contributed by atoms with Crippen molar-refractivity contribution in [2.75, 3.05) is 0 Å². The Morgan fingerprint density at radius 2 is 0.586 bits per heavy atom. The highest BCUT2D eigenvalue weighted by molar-refractivity contribution is 7.80. The average Bonchev–Trinajstić information content (AvgIpc) is 4.18. The molecular formula is C53H46N12OS4. The number of thiol groups is 4. The highest BCUT2D eigenvalue weighted by Gasteiger charge is 2.26. The summed E-state index contributed by atoms with van der Waals surface area (Å²) in [5.41, 5.74) is 8.17. The van der Waals surface area contributed by atoms with Crippen LogP contribution in [0.3, 0.4) is 0 Å². The minimum atomic E-state index is -0.232. The largest absolute Gasteiger partial charge is 0.302 e. The molecule has 0 amide bonds. The van der Waals surface area contributed by atoms with Crippen LogP contribution in [0.25, 0.3) is 45.6 Å². The van der Waals surface area contributed by atoms with Crippen LogP contribution in [0.2, 0.25) is 0 Å². The zero-order chi connectivity index (χ0) is 48.0. The predicted molar refractivity (Wildman–Crippen MR) is 282 cm³/mol. The number of hydrogen-bond acceptors (Lipinski definition) is 13. The third-order valence-corrected chi connectivity index (χ3v) is 13.6. The topological polar surface area (TPSA) is 140 Å². The zero-order valence-corrected chi connectivity index (χ0v) is 41.3. The van der Waals surface area contributed by atoms with Crippen molar-refractivity contribution in [3.8, 4) is 45.6 Å². The molecule has 0 saturated carbocycles. The number of carbonyl (C=O) groups is 1. The summed E-state index contributed by atoms with van der Waals surface area (Å²) in [4.78, 5) is 15.2. The van der Waals surface area contributed by atoms with Crippen LogP contribution in [-0.4, -0.2) is 64.8 Å². The van der Waals surface area contributed by atoms with Crippen molar-refractivity contribution in [1.29, 1.82) is 0 Å². The van der Waals surface area contributed by atoms with Gasteiger partial charge in [0, 0.05) is 59.6 Å². The maximum absolute atomic E-state index is 15.2. The number of aromatic nitrogens is 12. The Labute approximate surface area is 426 Å².